The van der Waals surface area contributed by atoms with Crippen molar-refractivity contribution in [2.45, 2.75) is 57.7 Å². The Morgan fingerprint density at radius 2 is 1.74 bits per heavy atom. The van der Waals surface area contributed by atoms with Gasteiger partial charge in [0.05, 0.1) is 13.0 Å². The van der Waals surface area contributed by atoms with Crippen LogP contribution in [0.2, 0.25) is 5.02 Å². The van der Waals surface area contributed by atoms with Crippen molar-refractivity contribution in [3.8, 4) is 17.5 Å². The lowest BCUT2D eigenvalue weighted by Gasteiger charge is -2.35. The highest BCUT2D eigenvalue weighted by Gasteiger charge is 2.27. The summed E-state index contributed by atoms with van der Waals surface area (Å²) in [5.74, 6) is -1.09. The number of carboxylic acids is 1. The molecule has 1 aromatic heterocycles. The number of rotatable bonds is 12. The van der Waals surface area contributed by atoms with Crippen LogP contribution < -0.4 is 4.74 Å². The summed E-state index contributed by atoms with van der Waals surface area (Å²) in [6.07, 6.45) is 5.69. The van der Waals surface area contributed by atoms with Crippen molar-refractivity contribution in [1.29, 1.82) is 0 Å². The highest BCUT2D eigenvalue weighted by Crippen LogP contribution is 2.33. The molecule has 9 heteroatoms. The summed E-state index contributed by atoms with van der Waals surface area (Å²) in [7, 11) is 0. The van der Waals surface area contributed by atoms with E-state index in [2.05, 4.69) is 4.90 Å². The van der Waals surface area contributed by atoms with E-state index < -0.39 is 11.8 Å². The molecular formula is C29H34ClFN2O5. The largest absolute Gasteiger partial charge is 0.494 e. The second kappa shape index (κ2) is 13.0. The van der Waals surface area contributed by atoms with E-state index in [-0.39, 0.29) is 43.1 Å². The fourth-order valence-corrected chi connectivity index (χ4v) is 5.35. The van der Waals surface area contributed by atoms with Gasteiger partial charge in [-0.1, -0.05) is 49.1 Å². The van der Waals surface area contributed by atoms with Crippen LogP contribution in [0.4, 0.5) is 4.39 Å². The Morgan fingerprint density at radius 1 is 1.05 bits per heavy atom. The molecule has 0 radical (unpaired) electrons. The summed E-state index contributed by atoms with van der Waals surface area (Å²) in [5, 5.41) is 29.8. The van der Waals surface area contributed by atoms with Gasteiger partial charge in [-0.15, -0.1) is 0 Å². The van der Waals surface area contributed by atoms with Gasteiger partial charge in [0.15, 0.2) is 23.3 Å². The van der Waals surface area contributed by atoms with Gasteiger partial charge in [0.25, 0.3) is 0 Å². The Bertz CT molecular complexity index is 1190. The number of ether oxygens (including phenoxy) is 1. The molecule has 0 spiro atoms. The maximum absolute atomic E-state index is 15.0. The maximum atomic E-state index is 15.0. The van der Waals surface area contributed by atoms with Gasteiger partial charge in [0.1, 0.15) is 6.61 Å². The Morgan fingerprint density at radius 3 is 2.37 bits per heavy atom. The quantitative estimate of drug-likeness (QED) is 0.245. The Labute approximate surface area is 227 Å². The summed E-state index contributed by atoms with van der Waals surface area (Å²) in [6.45, 7) is 1.32. The van der Waals surface area contributed by atoms with E-state index >= 15 is 4.39 Å². The molecule has 3 N–H and O–H groups in total. The minimum Gasteiger partial charge on any atom is -0.494 e. The molecular weight excluding hydrogens is 511 g/mol. The number of nitrogens with zero attached hydrogens (tertiary/aromatic N) is 2. The first kappa shape index (κ1) is 27.8. The van der Waals surface area contributed by atoms with Crippen LogP contribution in [0.5, 0.6) is 17.5 Å². The smallest absolute Gasteiger partial charge is 0.305 e. The molecule has 2 aromatic carbocycles. The first-order chi connectivity index (χ1) is 18.3. The van der Waals surface area contributed by atoms with Gasteiger partial charge in [-0.25, -0.2) is 4.39 Å². The average molecular weight is 545 g/mol. The van der Waals surface area contributed by atoms with Gasteiger partial charge in [-0.2, -0.15) is 0 Å². The SMILES string of the molecule is O=C(O)CC(c1ccc(Cl)cc1)N(Cc1ccc(OCCn2c(O)ccc2O)c(F)c1)CC1CCCCC1. The average Bonchev–Trinajstić information content (AvgIpc) is 3.21. The third kappa shape index (κ3) is 7.42. The van der Waals surface area contributed by atoms with Crippen molar-refractivity contribution < 1.29 is 29.2 Å². The summed E-state index contributed by atoms with van der Waals surface area (Å²) < 4.78 is 21.8. The molecule has 1 aliphatic rings. The molecule has 1 atom stereocenters. The molecule has 4 rings (SSSR count). The van der Waals surface area contributed by atoms with Crippen molar-refractivity contribution in [2.24, 2.45) is 5.92 Å². The van der Waals surface area contributed by atoms with Gasteiger partial charge < -0.3 is 20.1 Å². The number of hydrogen-bond acceptors (Lipinski definition) is 5. The lowest BCUT2D eigenvalue weighted by molar-refractivity contribution is -0.138. The van der Waals surface area contributed by atoms with Crippen LogP contribution in [0.15, 0.2) is 54.6 Å². The first-order valence-corrected chi connectivity index (χ1v) is 13.4. The summed E-state index contributed by atoms with van der Waals surface area (Å²) >= 11 is 6.09. The number of halogens is 2. The molecule has 0 amide bonds. The van der Waals surface area contributed by atoms with Crippen molar-refractivity contribution in [2.75, 3.05) is 13.2 Å². The Kier molecular flexibility index (Phi) is 9.53. The summed E-state index contributed by atoms with van der Waals surface area (Å²) in [5.41, 5.74) is 1.58. The maximum Gasteiger partial charge on any atom is 0.305 e. The van der Waals surface area contributed by atoms with Crippen LogP contribution in [-0.2, 0) is 17.9 Å². The summed E-state index contributed by atoms with van der Waals surface area (Å²) in [6, 6.07) is 14.4. The van der Waals surface area contributed by atoms with Crippen LogP contribution in [-0.4, -0.2) is 43.9 Å². The number of aromatic nitrogens is 1. The molecule has 0 saturated heterocycles. The zero-order valence-electron chi connectivity index (χ0n) is 21.2. The van der Waals surface area contributed by atoms with Crippen molar-refractivity contribution in [1.82, 2.24) is 9.47 Å². The molecule has 1 aliphatic carbocycles. The van der Waals surface area contributed by atoms with Crippen molar-refractivity contribution in [3.63, 3.8) is 0 Å². The molecule has 7 nitrogen and oxygen atoms in total. The number of aliphatic carboxylic acids is 1. The Hall–Kier alpha value is -3.23. The predicted octanol–water partition coefficient (Wildman–Crippen LogP) is 6.37. The van der Waals surface area contributed by atoms with Crippen LogP contribution in [0.3, 0.4) is 0 Å². The van der Waals surface area contributed by atoms with Crippen molar-refractivity contribution >= 4 is 17.6 Å². The normalized spacial score (nSPS) is 15.0. The lowest BCUT2D eigenvalue weighted by Crippen LogP contribution is -2.35. The number of aromatic hydroxyl groups is 2. The number of benzene rings is 2. The first-order valence-electron chi connectivity index (χ1n) is 13.0. The molecule has 0 bridgehead atoms. The zero-order valence-corrected chi connectivity index (χ0v) is 22.0. The molecule has 204 valence electrons. The fraction of sp³-hybridized carbons (Fsp3) is 0.414. The minimum absolute atomic E-state index is 0.0527. The minimum atomic E-state index is -0.895. The van der Waals surface area contributed by atoms with Gasteiger partial charge in [0, 0.05) is 36.3 Å². The van der Waals surface area contributed by atoms with Gasteiger partial charge in [-0.3, -0.25) is 14.3 Å². The van der Waals surface area contributed by atoms with E-state index in [0.717, 1.165) is 30.5 Å². The molecule has 0 aliphatic heterocycles. The molecule has 1 saturated carbocycles. The second-order valence-electron chi connectivity index (χ2n) is 9.91. The van der Waals surface area contributed by atoms with Crippen LogP contribution in [0.1, 0.15) is 55.7 Å². The van der Waals surface area contributed by atoms with Gasteiger partial charge in [0.2, 0.25) is 0 Å². The van der Waals surface area contributed by atoms with E-state index in [4.69, 9.17) is 16.3 Å². The van der Waals surface area contributed by atoms with E-state index in [9.17, 15) is 20.1 Å². The Balaban J connectivity index is 1.51. The third-order valence-electron chi connectivity index (χ3n) is 7.17. The lowest BCUT2D eigenvalue weighted by atomic mass is 9.88. The van der Waals surface area contributed by atoms with Crippen molar-refractivity contribution in [3.05, 3.63) is 76.6 Å². The van der Waals surface area contributed by atoms with E-state index in [1.54, 1.807) is 24.3 Å². The van der Waals surface area contributed by atoms with Gasteiger partial charge in [-0.05, 0) is 54.2 Å². The van der Waals surface area contributed by atoms with Crippen LogP contribution in [0, 0.1) is 11.7 Å². The molecule has 38 heavy (non-hydrogen) atoms. The second-order valence-corrected chi connectivity index (χ2v) is 10.3. The number of hydrogen-bond donors (Lipinski definition) is 3. The zero-order chi connectivity index (χ0) is 27.1. The highest BCUT2D eigenvalue weighted by molar-refractivity contribution is 6.30. The molecule has 1 unspecified atom stereocenters. The van der Waals surface area contributed by atoms with E-state index in [0.29, 0.717) is 17.5 Å². The number of carboxylic acid groups (broad SMARTS) is 1. The molecule has 1 heterocycles. The topological polar surface area (TPSA) is 95.2 Å². The fourth-order valence-electron chi connectivity index (χ4n) is 5.23. The molecule has 1 fully saturated rings. The van der Waals surface area contributed by atoms with Gasteiger partial charge >= 0.3 is 5.97 Å². The standard InChI is InChI=1S/C29H34ClFN2O5/c30-23-9-7-22(8-10-23)25(17-29(36)37)32(18-20-4-2-1-3-5-20)19-21-6-11-26(24(31)16-21)38-15-14-33-27(34)12-13-28(33)35/h6-13,16,20,25,34-35H,1-5,14-15,17-19H2,(H,36,37). The van der Waals surface area contributed by atoms with E-state index in [1.165, 1.54) is 42.0 Å². The van der Waals surface area contributed by atoms with Crippen LogP contribution in [0.25, 0.3) is 0 Å². The summed E-state index contributed by atoms with van der Waals surface area (Å²) in [4.78, 5) is 14.0. The highest BCUT2D eigenvalue weighted by atomic mass is 35.5. The van der Waals surface area contributed by atoms with E-state index in [1.807, 2.05) is 12.1 Å². The predicted molar refractivity (Wildman–Crippen MR) is 143 cm³/mol. The monoisotopic (exact) mass is 544 g/mol. The number of carbonyl (C=O) groups is 1. The van der Waals surface area contributed by atoms with Crippen LogP contribution >= 0.6 is 11.6 Å². The molecule has 3 aromatic rings. The third-order valence-corrected chi connectivity index (χ3v) is 7.42.